The van der Waals surface area contributed by atoms with Gasteiger partial charge in [-0.3, -0.25) is 14.9 Å². The highest BCUT2D eigenvalue weighted by molar-refractivity contribution is 6.39. The molecule has 6 nitrogen and oxygen atoms in total. The SMILES string of the molecule is CCOc1cc(/C=C2\C(=O)NC(=O)N(c3cccc(Cl)c3)C2=O)cc(Cl)c1Cc1ccccc1F. The molecule has 1 heterocycles. The zero-order valence-electron chi connectivity index (χ0n) is 18.5. The number of barbiturate groups is 1. The molecule has 0 saturated carbocycles. The van der Waals surface area contributed by atoms with Crippen molar-refractivity contribution >= 4 is 52.8 Å². The van der Waals surface area contributed by atoms with Crippen molar-refractivity contribution < 1.29 is 23.5 Å². The Kier molecular flexibility index (Phi) is 7.19. The van der Waals surface area contributed by atoms with Crippen LogP contribution in [0.15, 0.2) is 66.2 Å². The molecule has 1 fully saturated rings. The quantitative estimate of drug-likeness (QED) is 0.335. The van der Waals surface area contributed by atoms with Gasteiger partial charge < -0.3 is 4.74 Å². The summed E-state index contributed by atoms with van der Waals surface area (Å²) in [6.07, 6.45) is 1.51. The van der Waals surface area contributed by atoms with Crippen molar-refractivity contribution in [3.63, 3.8) is 0 Å². The van der Waals surface area contributed by atoms with Crippen LogP contribution in [0.3, 0.4) is 0 Å². The van der Waals surface area contributed by atoms with Crippen LogP contribution in [0.4, 0.5) is 14.9 Å². The van der Waals surface area contributed by atoms with E-state index in [1.165, 1.54) is 24.3 Å². The number of nitrogens with one attached hydrogen (secondary N) is 1. The maximum atomic E-state index is 14.2. The fourth-order valence-corrected chi connectivity index (χ4v) is 4.15. The van der Waals surface area contributed by atoms with Gasteiger partial charge in [0.25, 0.3) is 11.8 Å². The minimum Gasteiger partial charge on any atom is -0.494 e. The van der Waals surface area contributed by atoms with Crippen LogP contribution in [-0.4, -0.2) is 24.5 Å². The average molecular weight is 513 g/mol. The Morgan fingerprint density at radius 3 is 2.51 bits per heavy atom. The lowest BCUT2D eigenvalue weighted by Gasteiger charge is -2.26. The van der Waals surface area contributed by atoms with Crippen molar-refractivity contribution in [2.24, 2.45) is 0 Å². The van der Waals surface area contributed by atoms with Crippen LogP contribution in [0.5, 0.6) is 5.75 Å². The molecule has 0 spiro atoms. The average Bonchev–Trinajstić information content (AvgIpc) is 2.80. The van der Waals surface area contributed by atoms with Crippen LogP contribution >= 0.6 is 23.2 Å². The molecule has 3 aromatic rings. The molecular weight excluding hydrogens is 494 g/mol. The van der Waals surface area contributed by atoms with Gasteiger partial charge in [-0.1, -0.05) is 47.5 Å². The summed E-state index contributed by atoms with van der Waals surface area (Å²) in [5, 5.41) is 2.76. The number of imide groups is 2. The van der Waals surface area contributed by atoms with E-state index in [-0.39, 0.29) is 28.5 Å². The Labute approximate surface area is 210 Å². The molecule has 4 rings (SSSR count). The van der Waals surface area contributed by atoms with Crippen molar-refractivity contribution in [3.05, 3.63) is 98.8 Å². The fourth-order valence-electron chi connectivity index (χ4n) is 3.68. The van der Waals surface area contributed by atoms with Crippen LogP contribution in [0.2, 0.25) is 10.0 Å². The van der Waals surface area contributed by atoms with Gasteiger partial charge in [0.2, 0.25) is 0 Å². The van der Waals surface area contributed by atoms with E-state index in [9.17, 15) is 18.8 Å². The van der Waals surface area contributed by atoms with E-state index in [1.54, 1.807) is 49.4 Å². The number of amides is 4. The van der Waals surface area contributed by atoms with E-state index in [2.05, 4.69) is 5.32 Å². The summed E-state index contributed by atoms with van der Waals surface area (Å²) >= 11 is 12.5. The van der Waals surface area contributed by atoms with Crippen LogP contribution in [0.25, 0.3) is 6.08 Å². The predicted octanol–water partition coefficient (Wildman–Crippen LogP) is 5.79. The molecule has 1 N–H and O–H groups in total. The molecule has 1 aliphatic rings. The smallest absolute Gasteiger partial charge is 0.335 e. The summed E-state index contributed by atoms with van der Waals surface area (Å²) in [5.74, 6) is -1.64. The largest absolute Gasteiger partial charge is 0.494 e. The minimum absolute atomic E-state index is 0.189. The van der Waals surface area contributed by atoms with Crippen molar-refractivity contribution in [1.29, 1.82) is 0 Å². The molecule has 1 aliphatic heterocycles. The highest BCUT2D eigenvalue weighted by Crippen LogP contribution is 2.33. The number of hydrogen-bond donors (Lipinski definition) is 1. The Hall–Kier alpha value is -3.68. The molecule has 0 aliphatic carbocycles. The first kappa shape index (κ1) is 24.4. The van der Waals surface area contributed by atoms with Crippen LogP contribution < -0.4 is 15.0 Å². The number of hydrogen-bond acceptors (Lipinski definition) is 4. The number of nitrogens with zero attached hydrogens (tertiary/aromatic N) is 1. The van der Waals surface area contributed by atoms with E-state index in [0.29, 0.717) is 34.1 Å². The highest BCUT2D eigenvalue weighted by atomic mass is 35.5. The molecule has 3 aromatic carbocycles. The van der Waals surface area contributed by atoms with Crippen molar-refractivity contribution in [3.8, 4) is 5.75 Å². The monoisotopic (exact) mass is 512 g/mol. The summed E-state index contributed by atoms with van der Waals surface area (Å²) in [7, 11) is 0. The zero-order chi connectivity index (χ0) is 25.1. The van der Waals surface area contributed by atoms with Gasteiger partial charge in [-0.05, 0) is 60.5 Å². The van der Waals surface area contributed by atoms with Crippen LogP contribution in [-0.2, 0) is 16.0 Å². The molecule has 9 heteroatoms. The van der Waals surface area contributed by atoms with Crippen LogP contribution in [0, 0.1) is 5.82 Å². The van der Waals surface area contributed by atoms with E-state index in [1.807, 2.05) is 0 Å². The summed E-state index contributed by atoms with van der Waals surface area (Å²) in [6, 6.07) is 14.8. The van der Waals surface area contributed by atoms with E-state index in [4.69, 9.17) is 27.9 Å². The molecule has 0 radical (unpaired) electrons. The second kappa shape index (κ2) is 10.3. The van der Waals surface area contributed by atoms with Gasteiger partial charge in [0.15, 0.2) is 0 Å². The number of rotatable bonds is 6. The number of benzene rings is 3. The van der Waals surface area contributed by atoms with Crippen molar-refractivity contribution in [2.45, 2.75) is 13.3 Å². The summed E-state index contributed by atoms with van der Waals surface area (Å²) in [4.78, 5) is 38.9. The van der Waals surface area contributed by atoms with Crippen LogP contribution in [0.1, 0.15) is 23.6 Å². The van der Waals surface area contributed by atoms with Crippen molar-refractivity contribution in [1.82, 2.24) is 5.32 Å². The lowest BCUT2D eigenvalue weighted by molar-refractivity contribution is -0.122. The lowest BCUT2D eigenvalue weighted by Crippen LogP contribution is -2.54. The molecule has 1 saturated heterocycles. The number of carbonyl (C=O) groups is 3. The number of halogens is 3. The summed E-state index contributed by atoms with van der Waals surface area (Å²) < 4.78 is 19.9. The third-order valence-corrected chi connectivity index (χ3v) is 5.85. The van der Waals surface area contributed by atoms with E-state index < -0.39 is 17.8 Å². The van der Waals surface area contributed by atoms with Gasteiger partial charge in [-0.2, -0.15) is 0 Å². The molecule has 0 atom stereocenters. The first-order chi connectivity index (χ1) is 16.8. The van der Waals surface area contributed by atoms with Gasteiger partial charge >= 0.3 is 6.03 Å². The zero-order valence-corrected chi connectivity index (χ0v) is 20.0. The minimum atomic E-state index is -0.882. The summed E-state index contributed by atoms with van der Waals surface area (Å²) in [6.45, 7) is 2.11. The molecule has 4 amide bonds. The standard InChI is InChI=1S/C26H19Cl2FN2O4/c1-2-35-23-12-15(11-21(28)19(23)13-16-6-3-4-9-22(16)29)10-20-24(32)30-26(34)31(25(20)33)18-8-5-7-17(27)14-18/h3-12,14H,2,13H2,1H3,(H,30,32,34)/b20-10+. The maximum Gasteiger partial charge on any atom is 0.335 e. The van der Waals surface area contributed by atoms with Gasteiger partial charge in [0.1, 0.15) is 17.1 Å². The molecular formula is C26H19Cl2FN2O4. The molecule has 35 heavy (non-hydrogen) atoms. The second-order valence-electron chi connectivity index (χ2n) is 7.62. The Morgan fingerprint density at radius 2 is 1.80 bits per heavy atom. The van der Waals surface area contributed by atoms with Gasteiger partial charge in [0, 0.05) is 22.0 Å². The molecule has 0 aromatic heterocycles. The van der Waals surface area contributed by atoms with E-state index >= 15 is 0 Å². The Balaban J connectivity index is 1.73. The molecule has 178 valence electrons. The topological polar surface area (TPSA) is 75.7 Å². The van der Waals surface area contributed by atoms with Gasteiger partial charge in [-0.15, -0.1) is 0 Å². The Morgan fingerprint density at radius 1 is 1.03 bits per heavy atom. The maximum absolute atomic E-state index is 14.2. The number of urea groups is 1. The Bertz CT molecular complexity index is 1370. The molecule has 0 bridgehead atoms. The number of anilines is 1. The predicted molar refractivity (Wildman–Crippen MR) is 132 cm³/mol. The summed E-state index contributed by atoms with van der Waals surface area (Å²) in [5.41, 5.74) is 1.35. The lowest BCUT2D eigenvalue weighted by atomic mass is 10.00. The first-order valence-corrected chi connectivity index (χ1v) is 11.4. The fraction of sp³-hybridized carbons (Fsp3) is 0.115. The number of carbonyl (C=O) groups excluding carboxylic acids is 3. The van der Waals surface area contributed by atoms with Gasteiger partial charge in [-0.25, -0.2) is 14.1 Å². The molecule has 0 unspecified atom stereocenters. The second-order valence-corrected chi connectivity index (χ2v) is 8.46. The van der Waals surface area contributed by atoms with Gasteiger partial charge in [0.05, 0.1) is 12.3 Å². The third-order valence-electron chi connectivity index (χ3n) is 5.28. The first-order valence-electron chi connectivity index (χ1n) is 10.6. The third kappa shape index (κ3) is 5.21. The number of ether oxygens (including phenoxy) is 1. The van der Waals surface area contributed by atoms with Crippen molar-refractivity contribution in [2.75, 3.05) is 11.5 Å². The van der Waals surface area contributed by atoms with E-state index in [0.717, 1.165) is 4.90 Å². The normalized spacial score (nSPS) is 14.9. The highest BCUT2D eigenvalue weighted by Gasteiger charge is 2.37.